The topological polar surface area (TPSA) is 17.8 Å². The predicted octanol–water partition coefficient (Wildman–Crippen LogP) is 13.9. The maximum atomic E-state index is 5.44. The molecule has 11 rings (SSSR count). The van der Waals surface area contributed by atoms with Gasteiger partial charge in [0.1, 0.15) is 0 Å². The number of aromatic nitrogens is 2. The van der Waals surface area contributed by atoms with E-state index in [9.17, 15) is 0 Å². The lowest BCUT2D eigenvalue weighted by Gasteiger charge is -2.16. The Kier molecular flexibility index (Phi) is 6.46. The number of fused-ring (bicyclic) bond motifs is 9. The quantitative estimate of drug-likeness (QED) is 0.169. The third-order valence-corrected chi connectivity index (χ3v) is 11.7. The maximum absolute atomic E-state index is 5.44. The minimum atomic E-state index is 0.951. The fourth-order valence-electron chi connectivity index (χ4n) is 8.16. The van der Waals surface area contributed by atoms with Gasteiger partial charge >= 0.3 is 0 Å². The number of benzene rings is 8. The molecule has 0 unspecified atom stereocenters. The van der Waals surface area contributed by atoms with Crippen LogP contribution in [0.15, 0.2) is 182 Å². The second-order valence-electron chi connectivity index (χ2n) is 13.5. The Morgan fingerprint density at radius 1 is 0.404 bits per heavy atom. The molecule has 11 aromatic rings. The van der Waals surface area contributed by atoms with Gasteiger partial charge in [0, 0.05) is 47.6 Å². The van der Waals surface area contributed by atoms with Gasteiger partial charge in [-0.1, -0.05) is 121 Å². The van der Waals surface area contributed by atoms with Gasteiger partial charge in [0.25, 0.3) is 0 Å². The van der Waals surface area contributed by atoms with Gasteiger partial charge in [-0.2, -0.15) is 0 Å². The number of hydrogen-bond donors (Lipinski definition) is 0. The summed E-state index contributed by atoms with van der Waals surface area (Å²) in [5, 5.41) is 8.71. The second kappa shape index (κ2) is 11.5. The first-order chi connectivity index (χ1) is 25.8. The molecule has 0 radical (unpaired) electrons. The van der Waals surface area contributed by atoms with E-state index in [1.165, 1.54) is 74.8 Å². The second-order valence-corrected chi connectivity index (χ2v) is 14.6. The molecule has 0 fully saturated rings. The Morgan fingerprint density at radius 3 is 1.87 bits per heavy atom. The lowest BCUT2D eigenvalue weighted by Crippen LogP contribution is -1.97. The molecule has 0 amide bonds. The van der Waals surface area contributed by atoms with Gasteiger partial charge in [0.2, 0.25) is 0 Å². The van der Waals surface area contributed by atoms with Crippen molar-refractivity contribution in [2.45, 2.75) is 0 Å². The first-order valence-corrected chi connectivity index (χ1v) is 18.5. The third kappa shape index (κ3) is 4.53. The SMILES string of the molecule is c1ccc(-c2cc(-c3cc(-c4ccc5sc6ccccc6c5c4)cc(-n4c5ccccc5c5ccccc54)c3)nc3ccc4ccccc4c23)cc1. The molecule has 52 heavy (non-hydrogen) atoms. The zero-order chi connectivity index (χ0) is 34.2. The van der Waals surface area contributed by atoms with Gasteiger partial charge in [-0.05, 0) is 93.7 Å². The van der Waals surface area contributed by atoms with E-state index in [-0.39, 0.29) is 0 Å². The molecule has 0 atom stereocenters. The predicted molar refractivity (Wildman–Crippen MR) is 223 cm³/mol. The molecule has 242 valence electrons. The maximum Gasteiger partial charge on any atom is 0.0722 e. The summed E-state index contributed by atoms with van der Waals surface area (Å²) in [5.74, 6) is 0. The van der Waals surface area contributed by atoms with E-state index in [2.05, 4.69) is 187 Å². The Bertz CT molecular complexity index is 3130. The summed E-state index contributed by atoms with van der Waals surface area (Å²) in [4.78, 5) is 5.44. The van der Waals surface area contributed by atoms with Crippen LogP contribution in [-0.4, -0.2) is 9.55 Å². The Labute approximate surface area is 304 Å². The van der Waals surface area contributed by atoms with Gasteiger partial charge in [-0.25, -0.2) is 4.98 Å². The standard InChI is InChI=1S/C49H30N2S/c1-2-12-31(13-3-1)41-30-44(50-43-24-22-32-14-4-5-15-37(32)49(41)43)35-26-34(33-23-25-48-42(29-33)40-18-8-11-21-47(40)52-48)27-36(28-35)51-45-19-9-6-16-38(45)39-17-7-10-20-46(39)51/h1-30H. The highest BCUT2D eigenvalue weighted by atomic mass is 32.1. The molecule has 0 aliphatic heterocycles. The van der Waals surface area contributed by atoms with E-state index in [0.717, 1.165) is 28.0 Å². The molecule has 0 bridgehead atoms. The molecule has 0 saturated carbocycles. The van der Waals surface area contributed by atoms with Crippen LogP contribution in [0.5, 0.6) is 0 Å². The molecule has 0 aliphatic rings. The van der Waals surface area contributed by atoms with Crippen LogP contribution in [0.25, 0.3) is 103 Å². The van der Waals surface area contributed by atoms with Crippen LogP contribution >= 0.6 is 11.3 Å². The molecular weight excluding hydrogens is 649 g/mol. The monoisotopic (exact) mass is 678 g/mol. The summed E-state index contributed by atoms with van der Waals surface area (Å²) >= 11 is 1.86. The Balaban J connectivity index is 1.22. The number of para-hydroxylation sites is 2. The average Bonchev–Trinajstić information content (AvgIpc) is 3.76. The number of rotatable bonds is 4. The van der Waals surface area contributed by atoms with E-state index in [1.807, 2.05) is 11.3 Å². The van der Waals surface area contributed by atoms with Crippen LogP contribution in [0.4, 0.5) is 0 Å². The fourth-order valence-corrected chi connectivity index (χ4v) is 9.25. The highest BCUT2D eigenvalue weighted by molar-refractivity contribution is 7.25. The van der Waals surface area contributed by atoms with Crippen LogP contribution < -0.4 is 0 Å². The summed E-state index contributed by atoms with van der Waals surface area (Å²) in [6.45, 7) is 0. The van der Waals surface area contributed by atoms with Gasteiger partial charge in [0.05, 0.1) is 22.2 Å². The van der Waals surface area contributed by atoms with Crippen molar-refractivity contribution in [2.75, 3.05) is 0 Å². The van der Waals surface area contributed by atoms with Crippen LogP contribution in [-0.2, 0) is 0 Å². The van der Waals surface area contributed by atoms with Crippen molar-refractivity contribution < 1.29 is 0 Å². The number of nitrogens with zero attached hydrogens (tertiary/aromatic N) is 2. The van der Waals surface area contributed by atoms with Gasteiger partial charge in [0.15, 0.2) is 0 Å². The molecule has 3 heteroatoms. The molecular formula is C49H30N2S. The molecule has 0 N–H and O–H groups in total. The Morgan fingerprint density at radius 2 is 1.06 bits per heavy atom. The van der Waals surface area contributed by atoms with Crippen molar-refractivity contribution in [3.63, 3.8) is 0 Å². The van der Waals surface area contributed by atoms with E-state index < -0.39 is 0 Å². The summed E-state index contributed by atoms with van der Waals surface area (Å²) in [5.41, 5.74) is 11.2. The average molecular weight is 679 g/mol. The largest absolute Gasteiger partial charge is 0.309 e. The highest BCUT2D eigenvalue weighted by Crippen LogP contribution is 2.41. The molecule has 0 saturated heterocycles. The van der Waals surface area contributed by atoms with E-state index in [1.54, 1.807) is 0 Å². The van der Waals surface area contributed by atoms with Crippen LogP contribution in [0.1, 0.15) is 0 Å². The Hall–Kier alpha value is -6.55. The first kappa shape index (κ1) is 29.2. The lowest BCUT2D eigenvalue weighted by atomic mass is 9.93. The molecule has 3 heterocycles. The minimum absolute atomic E-state index is 0.951. The number of thiophene rings is 1. The van der Waals surface area contributed by atoms with Crippen molar-refractivity contribution >= 4 is 75.0 Å². The molecule has 8 aromatic carbocycles. The van der Waals surface area contributed by atoms with Crippen molar-refractivity contribution in [2.24, 2.45) is 0 Å². The number of pyridine rings is 1. The molecule has 3 aromatic heterocycles. The summed E-state index contributed by atoms with van der Waals surface area (Å²) in [7, 11) is 0. The summed E-state index contributed by atoms with van der Waals surface area (Å²) in [6, 6.07) is 66.2. The number of hydrogen-bond acceptors (Lipinski definition) is 2. The molecule has 0 aliphatic carbocycles. The fraction of sp³-hybridized carbons (Fsp3) is 0. The summed E-state index contributed by atoms with van der Waals surface area (Å²) in [6.07, 6.45) is 0. The van der Waals surface area contributed by atoms with Crippen molar-refractivity contribution in [3.8, 4) is 39.2 Å². The van der Waals surface area contributed by atoms with Crippen LogP contribution in [0, 0.1) is 0 Å². The van der Waals surface area contributed by atoms with Gasteiger partial charge < -0.3 is 4.57 Å². The first-order valence-electron chi connectivity index (χ1n) is 17.7. The molecule has 2 nitrogen and oxygen atoms in total. The van der Waals surface area contributed by atoms with Crippen molar-refractivity contribution in [3.05, 3.63) is 182 Å². The third-order valence-electron chi connectivity index (χ3n) is 10.5. The van der Waals surface area contributed by atoms with Crippen LogP contribution in [0.3, 0.4) is 0 Å². The smallest absolute Gasteiger partial charge is 0.0722 e. The van der Waals surface area contributed by atoms with Crippen molar-refractivity contribution in [1.29, 1.82) is 0 Å². The van der Waals surface area contributed by atoms with Crippen LogP contribution in [0.2, 0.25) is 0 Å². The van der Waals surface area contributed by atoms with E-state index in [4.69, 9.17) is 4.98 Å². The lowest BCUT2D eigenvalue weighted by molar-refractivity contribution is 1.18. The highest BCUT2D eigenvalue weighted by Gasteiger charge is 2.18. The van der Waals surface area contributed by atoms with E-state index in [0.29, 0.717) is 0 Å². The zero-order valence-electron chi connectivity index (χ0n) is 28.1. The normalized spacial score (nSPS) is 11.8. The van der Waals surface area contributed by atoms with Crippen molar-refractivity contribution in [1.82, 2.24) is 9.55 Å². The van der Waals surface area contributed by atoms with E-state index >= 15 is 0 Å². The molecule has 0 spiro atoms. The summed E-state index contributed by atoms with van der Waals surface area (Å²) < 4.78 is 5.04. The van der Waals surface area contributed by atoms with Gasteiger partial charge in [-0.3, -0.25) is 0 Å². The zero-order valence-corrected chi connectivity index (χ0v) is 28.9. The van der Waals surface area contributed by atoms with Gasteiger partial charge in [-0.15, -0.1) is 11.3 Å². The minimum Gasteiger partial charge on any atom is -0.309 e.